The molecular formula is C8H5Cl2N6-. The third-order valence-corrected chi connectivity index (χ3v) is 2.20. The zero-order valence-electron chi connectivity index (χ0n) is 7.80. The van der Waals surface area contributed by atoms with Crippen molar-refractivity contribution < 1.29 is 0 Å². The van der Waals surface area contributed by atoms with Crippen LogP contribution in [0.5, 0.6) is 0 Å². The van der Waals surface area contributed by atoms with Crippen LogP contribution >= 0.6 is 23.2 Å². The molecule has 0 aliphatic carbocycles. The number of H-pyrrole nitrogens is 1. The number of hydrogen-bond donors (Lipinski definition) is 1. The molecule has 0 atom stereocenters. The first-order valence-electron chi connectivity index (χ1n) is 4.18. The molecule has 8 heteroatoms. The van der Waals surface area contributed by atoms with Crippen molar-refractivity contribution in [3.63, 3.8) is 0 Å². The lowest BCUT2D eigenvalue weighted by atomic mass is 10.2. The number of aromatic amines is 1. The summed E-state index contributed by atoms with van der Waals surface area (Å²) in [6.07, 6.45) is 1.48. The molecule has 0 saturated heterocycles. The Morgan fingerprint density at radius 2 is 2.25 bits per heavy atom. The van der Waals surface area contributed by atoms with Crippen molar-refractivity contribution in [3.05, 3.63) is 39.2 Å². The summed E-state index contributed by atoms with van der Waals surface area (Å²) in [5.41, 5.74) is 4.39. The third-order valence-electron chi connectivity index (χ3n) is 1.64. The van der Waals surface area contributed by atoms with Gasteiger partial charge in [-0.25, -0.2) is 5.10 Å². The van der Waals surface area contributed by atoms with Crippen molar-refractivity contribution >= 4 is 35.4 Å². The minimum atomic E-state index is 0.154. The van der Waals surface area contributed by atoms with Gasteiger partial charge in [0.2, 0.25) is 0 Å². The summed E-state index contributed by atoms with van der Waals surface area (Å²) in [5.74, 6) is 0.154. The fraction of sp³-hybridized carbons (Fsp3) is 0. The van der Waals surface area contributed by atoms with Gasteiger partial charge in [0, 0.05) is 16.8 Å². The van der Waals surface area contributed by atoms with E-state index in [1.165, 1.54) is 6.21 Å². The molecule has 6 nitrogen and oxygen atoms in total. The van der Waals surface area contributed by atoms with Crippen LogP contribution in [0.2, 0.25) is 10.0 Å². The fourth-order valence-electron chi connectivity index (χ4n) is 0.948. The normalized spacial score (nSPS) is 10.9. The number of benzene rings is 1. The third kappa shape index (κ3) is 2.68. The second-order valence-corrected chi connectivity index (χ2v) is 3.57. The zero-order chi connectivity index (χ0) is 11.4. The quantitative estimate of drug-likeness (QED) is 0.676. The van der Waals surface area contributed by atoms with Crippen LogP contribution in [0, 0.1) is 0 Å². The summed E-state index contributed by atoms with van der Waals surface area (Å²) in [6.45, 7) is 0. The molecule has 2 rings (SSSR count). The first-order valence-corrected chi connectivity index (χ1v) is 4.94. The van der Waals surface area contributed by atoms with Crippen molar-refractivity contribution in [1.29, 1.82) is 0 Å². The number of hydrogen-bond acceptors (Lipinski definition) is 4. The van der Waals surface area contributed by atoms with Gasteiger partial charge in [-0.15, -0.1) is 5.21 Å². The van der Waals surface area contributed by atoms with E-state index >= 15 is 0 Å². The molecule has 1 N–H and O–H groups in total. The fourth-order valence-corrected chi connectivity index (χ4v) is 1.41. The number of tetrazole rings is 1. The van der Waals surface area contributed by atoms with Gasteiger partial charge in [-0.05, 0) is 12.1 Å². The Labute approximate surface area is 101 Å². The van der Waals surface area contributed by atoms with Crippen LogP contribution in [0.4, 0.5) is 5.95 Å². The molecule has 1 heterocycles. The van der Waals surface area contributed by atoms with E-state index in [9.17, 15) is 0 Å². The highest BCUT2D eigenvalue weighted by atomic mass is 35.5. The topological polar surface area (TPSA) is 80.9 Å². The molecule has 2 aromatic rings. The second kappa shape index (κ2) is 4.91. The molecule has 1 aromatic carbocycles. The lowest BCUT2D eigenvalue weighted by Crippen LogP contribution is -1.82. The van der Waals surface area contributed by atoms with E-state index in [2.05, 4.69) is 31.2 Å². The maximum Gasteiger partial charge on any atom is 0.0830 e. The summed E-state index contributed by atoms with van der Waals surface area (Å²) in [4.78, 5) is 0. The SMILES string of the molecule is Clc1ccc(/C=N\[N-]c2nn[nH]n2)c(Cl)c1. The molecular weight excluding hydrogens is 251 g/mol. The van der Waals surface area contributed by atoms with Crippen LogP contribution in [0.25, 0.3) is 5.43 Å². The zero-order valence-corrected chi connectivity index (χ0v) is 9.31. The molecule has 0 aliphatic rings. The monoisotopic (exact) mass is 255 g/mol. The van der Waals surface area contributed by atoms with Crippen LogP contribution in [0.3, 0.4) is 0 Å². The molecule has 0 aliphatic heterocycles. The van der Waals surface area contributed by atoms with E-state index < -0.39 is 0 Å². The molecule has 0 fully saturated rings. The smallest absolute Gasteiger partial charge is 0.0830 e. The first kappa shape index (κ1) is 10.8. The van der Waals surface area contributed by atoms with Gasteiger partial charge >= 0.3 is 0 Å². The van der Waals surface area contributed by atoms with E-state index in [1.54, 1.807) is 18.2 Å². The molecule has 0 bridgehead atoms. The van der Waals surface area contributed by atoms with Crippen LogP contribution in [0.1, 0.15) is 5.56 Å². The Morgan fingerprint density at radius 1 is 1.38 bits per heavy atom. The van der Waals surface area contributed by atoms with Gasteiger partial charge in [0.1, 0.15) is 0 Å². The van der Waals surface area contributed by atoms with Gasteiger partial charge in [0.15, 0.2) is 0 Å². The first-order chi connectivity index (χ1) is 7.75. The van der Waals surface area contributed by atoms with Crippen molar-refractivity contribution in [1.82, 2.24) is 20.6 Å². The van der Waals surface area contributed by atoms with Crippen LogP contribution in [-0.4, -0.2) is 26.8 Å². The minimum Gasteiger partial charge on any atom is -0.277 e. The molecule has 0 saturated carbocycles. The van der Waals surface area contributed by atoms with E-state index in [-0.39, 0.29) is 5.95 Å². The summed E-state index contributed by atoms with van der Waals surface area (Å²) >= 11 is 11.7. The Bertz CT molecular complexity index is 495. The van der Waals surface area contributed by atoms with Crippen molar-refractivity contribution in [3.8, 4) is 0 Å². The van der Waals surface area contributed by atoms with E-state index in [1.807, 2.05) is 0 Å². The highest BCUT2D eigenvalue weighted by Gasteiger charge is 1.97. The number of aromatic nitrogens is 4. The average molecular weight is 256 g/mol. The van der Waals surface area contributed by atoms with E-state index in [0.29, 0.717) is 15.6 Å². The standard InChI is InChI=1S/C8H5Cl2N6/c9-6-2-1-5(7(10)3-6)4-11-12-8-13-15-16-14-8/h1-4H,(H-,12,13,14,15,16)/q-1/b11-4-. The molecule has 82 valence electrons. The number of rotatable bonds is 3. The van der Waals surface area contributed by atoms with Gasteiger partial charge in [-0.1, -0.05) is 29.3 Å². The lowest BCUT2D eigenvalue weighted by molar-refractivity contribution is 0.881. The molecule has 0 radical (unpaired) electrons. The lowest BCUT2D eigenvalue weighted by Gasteiger charge is -2.00. The summed E-state index contributed by atoms with van der Waals surface area (Å²) in [7, 11) is 0. The van der Waals surface area contributed by atoms with Gasteiger partial charge in [-0.2, -0.15) is 0 Å². The summed E-state index contributed by atoms with van der Waals surface area (Å²) < 4.78 is 0. The van der Waals surface area contributed by atoms with Crippen LogP contribution in [0.15, 0.2) is 23.3 Å². The largest absolute Gasteiger partial charge is 0.277 e. The average Bonchev–Trinajstić information content (AvgIpc) is 2.74. The highest BCUT2D eigenvalue weighted by Crippen LogP contribution is 2.20. The van der Waals surface area contributed by atoms with Gasteiger partial charge in [0.05, 0.1) is 11.0 Å². The minimum absolute atomic E-state index is 0.154. The second-order valence-electron chi connectivity index (χ2n) is 2.72. The van der Waals surface area contributed by atoms with Gasteiger partial charge in [-0.3, -0.25) is 20.8 Å². The molecule has 1 aromatic heterocycles. The van der Waals surface area contributed by atoms with Gasteiger partial charge < -0.3 is 0 Å². The molecule has 0 unspecified atom stereocenters. The molecule has 0 spiro atoms. The Morgan fingerprint density at radius 3 is 2.94 bits per heavy atom. The number of halogens is 2. The number of nitrogens with one attached hydrogen (secondary N) is 1. The predicted octanol–water partition coefficient (Wildman–Crippen LogP) is 2.55. The summed E-state index contributed by atoms with van der Waals surface area (Å²) in [5, 5.41) is 17.6. The number of nitrogens with zero attached hydrogens (tertiary/aromatic N) is 5. The Kier molecular flexibility index (Phi) is 3.33. The maximum absolute atomic E-state index is 5.92. The van der Waals surface area contributed by atoms with Crippen LogP contribution in [-0.2, 0) is 0 Å². The molecule has 0 amide bonds. The highest BCUT2D eigenvalue weighted by molar-refractivity contribution is 6.36. The van der Waals surface area contributed by atoms with Gasteiger partial charge in [0.25, 0.3) is 0 Å². The van der Waals surface area contributed by atoms with Crippen LogP contribution < -0.4 is 0 Å². The maximum atomic E-state index is 5.92. The Balaban J connectivity index is 2.06. The predicted molar refractivity (Wildman–Crippen MR) is 61.3 cm³/mol. The van der Waals surface area contributed by atoms with Crippen molar-refractivity contribution in [2.75, 3.05) is 0 Å². The Hall–Kier alpha value is -1.66. The van der Waals surface area contributed by atoms with E-state index in [0.717, 1.165) is 0 Å². The van der Waals surface area contributed by atoms with Crippen molar-refractivity contribution in [2.45, 2.75) is 0 Å². The van der Waals surface area contributed by atoms with Crippen molar-refractivity contribution in [2.24, 2.45) is 5.10 Å². The van der Waals surface area contributed by atoms with E-state index in [4.69, 9.17) is 23.2 Å². The molecule has 16 heavy (non-hydrogen) atoms. The summed E-state index contributed by atoms with van der Waals surface area (Å²) in [6, 6.07) is 5.07.